The normalized spacial score (nSPS) is 10.4. The minimum Gasteiger partial charge on any atom is -0.389 e. The third kappa shape index (κ3) is 1.59. The first kappa shape index (κ1) is 9.09. The van der Waals surface area contributed by atoms with Gasteiger partial charge in [-0.15, -0.1) is 0 Å². The van der Waals surface area contributed by atoms with E-state index in [2.05, 4.69) is 4.98 Å². The lowest BCUT2D eigenvalue weighted by atomic mass is 10.1. The number of pyridine rings is 1. The van der Waals surface area contributed by atoms with Crippen LogP contribution in [0.4, 0.5) is 0 Å². The lowest BCUT2D eigenvalue weighted by Crippen LogP contribution is -2.08. The van der Waals surface area contributed by atoms with Gasteiger partial charge in [-0.2, -0.15) is 0 Å². The average molecular weight is 202 g/mol. The number of benzene rings is 1. The SMILES string of the molecule is Cc1ccc2ccc(C(N)=S)cc2n1. The lowest BCUT2D eigenvalue weighted by Gasteiger charge is -2.01. The van der Waals surface area contributed by atoms with Gasteiger partial charge >= 0.3 is 0 Å². The molecule has 2 nitrogen and oxygen atoms in total. The van der Waals surface area contributed by atoms with Crippen molar-refractivity contribution in [3.63, 3.8) is 0 Å². The Morgan fingerprint density at radius 2 is 2.00 bits per heavy atom. The number of nitrogens with zero attached hydrogens (tertiary/aromatic N) is 1. The molecule has 1 aromatic carbocycles. The average Bonchev–Trinajstić information content (AvgIpc) is 2.16. The van der Waals surface area contributed by atoms with Crippen molar-refractivity contribution < 1.29 is 0 Å². The Kier molecular flexibility index (Phi) is 2.17. The molecule has 0 atom stereocenters. The van der Waals surface area contributed by atoms with Gasteiger partial charge in [-0.25, -0.2) is 0 Å². The Bertz CT molecular complexity index is 506. The van der Waals surface area contributed by atoms with E-state index in [4.69, 9.17) is 18.0 Å². The minimum absolute atomic E-state index is 0.412. The second-order valence-electron chi connectivity index (χ2n) is 3.22. The number of thiocarbonyl (C=S) groups is 1. The summed E-state index contributed by atoms with van der Waals surface area (Å²) in [4.78, 5) is 4.82. The number of fused-ring (bicyclic) bond motifs is 1. The maximum Gasteiger partial charge on any atom is 0.104 e. The molecule has 0 radical (unpaired) electrons. The topological polar surface area (TPSA) is 38.9 Å². The van der Waals surface area contributed by atoms with Crippen LogP contribution in [-0.4, -0.2) is 9.97 Å². The van der Waals surface area contributed by atoms with Crippen LogP contribution < -0.4 is 5.73 Å². The first-order valence-electron chi connectivity index (χ1n) is 4.34. The van der Waals surface area contributed by atoms with E-state index in [0.29, 0.717) is 4.99 Å². The fraction of sp³-hybridized carbons (Fsp3) is 0.0909. The maximum absolute atomic E-state index is 5.55. The molecule has 3 heteroatoms. The van der Waals surface area contributed by atoms with Crippen LogP contribution in [0.5, 0.6) is 0 Å². The predicted octanol–water partition coefficient (Wildman–Crippen LogP) is 2.18. The third-order valence-corrected chi connectivity index (χ3v) is 2.35. The molecular weight excluding hydrogens is 192 g/mol. The fourth-order valence-corrected chi connectivity index (χ4v) is 1.50. The van der Waals surface area contributed by atoms with Crippen LogP contribution in [0.1, 0.15) is 11.3 Å². The molecule has 2 aromatic rings. The number of rotatable bonds is 1. The van der Waals surface area contributed by atoms with Gasteiger partial charge < -0.3 is 5.73 Å². The first-order valence-corrected chi connectivity index (χ1v) is 4.75. The van der Waals surface area contributed by atoms with E-state index in [1.165, 1.54) is 0 Å². The van der Waals surface area contributed by atoms with Crippen LogP contribution in [0, 0.1) is 6.92 Å². The van der Waals surface area contributed by atoms with E-state index >= 15 is 0 Å². The van der Waals surface area contributed by atoms with Gasteiger partial charge in [0.15, 0.2) is 0 Å². The van der Waals surface area contributed by atoms with Crippen LogP contribution in [0.2, 0.25) is 0 Å². The number of hydrogen-bond acceptors (Lipinski definition) is 2. The van der Waals surface area contributed by atoms with Gasteiger partial charge in [-0.05, 0) is 19.1 Å². The highest BCUT2D eigenvalue weighted by Gasteiger charge is 1.99. The molecule has 0 unspecified atom stereocenters. The molecule has 2 N–H and O–H groups in total. The molecule has 70 valence electrons. The van der Waals surface area contributed by atoms with Gasteiger partial charge in [-0.1, -0.05) is 30.4 Å². The van der Waals surface area contributed by atoms with Crippen molar-refractivity contribution in [3.05, 3.63) is 41.6 Å². The first-order chi connectivity index (χ1) is 6.66. The smallest absolute Gasteiger partial charge is 0.104 e. The summed E-state index contributed by atoms with van der Waals surface area (Å²) in [7, 11) is 0. The molecule has 0 amide bonds. The largest absolute Gasteiger partial charge is 0.389 e. The van der Waals surface area contributed by atoms with Gasteiger partial charge in [0.05, 0.1) is 5.52 Å². The summed E-state index contributed by atoms with van der Waals surface area (Å²) in [5.41, 5.74) is 8.35. The summed E-state index contributed by atoms with van der Waals surface area (Å²) < 4.78 is 0. The van der Waals surface area contributed by atoms with Gasteiger partial charge in [0, 0.05) is 16.6 Å². The molecule has 0 aliphatic carbocycles. The zero-order valence-corrected chi connectivity index (χ0v) is 8.64. The molecule has 14 heavy (non-hydrogen) atoms. The molecular formula is C11H10N2S. The van der Waals surface area contributed by atoms with E-state index in [0.717, 1.165) is 22.2 Å². The van der Waals surface area contributed by atoms with E-state index in [1.54, 1.807) is 0 Å². The van der Waals surface area contributed by atoms with Crippen LogP contribution in [-0.2, 0) is 0 Å². The molecule has 0 fully saturated rings. The van der Waals surface area contributed by atoms with Crippen molar-refractivity contribution in [2.24, 2.45) is 5.73 Å². The molecule has 1 heterocycles. The van der Waals surface area contributed by atoms with E-state index in [9.17, 15) is 0 Å². The quantitative estimate of drug-likeness (QED) is 0.720. The molecule has 0 saturated carbocycles. The zero-order valence-electron chi connectivity index (χ0n) is 7.82. The van der Waals surface area contributed by atoms with Crippen LogP contribution in [0.3, 0.4) is 0 Å². The van der Waals surface area contributed by atoms with Crippen molar-refractivity contribution in [2.75, 3.05) is 0 Å². The van der Waals surface area contributed by atoms with E-state index < -0.39 is 0 Å². The standard InChI is InChI=1S/C11H10N2S/c1-7-2-3-8-4-5-9(11(12)14)6-10(8)13-7/h2-6H,1H3,(H2,12,14). The number of aryl methyl sites for hydroxylation is 1. The third-order valence-electron chi connectivity index (χ3n) is 2.12. The van der Waals surface area contributed by atoms with E-state index in [-0.39, 0.29) is 0 Å². The summed E-state index contributed by atoms with van der Waals surface area (Å²) >= 11 is 4.91. The van der Waals surface area contributed by atoms with Gasteiger partial charge in [0.1, 0.15) is 4.99 Å². The molecule has 0 aliphatic rings. The summed E-state index contributed by atoms with van der Waals surface area (Å²) in [6.07, 6.45) is 0. The Morgan fingerprint density at radius 3 is 2.71 bits per heavy atom. The summed E-state index contributed by atoms with van der Waals surface area (Å²) in [6.45, 7) is 1.97. The van der Waals surface area contributed by atoms with Crippen molar-refractivity contribution in [2.45, 2.75) is 6.92 Å². The minimum atomic E-state index is 0.412. The summed E-state index contributed by atoms with van der Waals surface area (Å²) in [5, 5.41) is 1.11. The van der Waals surface area contributed by atoms with Crippen molar-refractivity contribution in [3.8, 4) is 0 Å². The lowest BCUT2D eigenvalue weighted by molar-refractivity contribution is 1.25. The van der Waals surface area contributed by atoms with Crippen LogP contribution in [0.25, 0.3) is 10.9 Å². The number of aromatic nitrogens is 1. The Labute approximate surface area is 87.8 Å². The van der Waals surface area contributed by atoms with Crippen molar-refractivity contribution in [1.29, 1.82) is 0 Å². The predicted molar refractivity (Wildman–Crippen MR) is 62.4 cm³/mol. The maximum atomic E-state index is 5.55. The monoisotopic (exact) mass is 202 g/mol. The Morgan fingerprint density at radius 1 is 1.29 bits per heavy atom. The number of hydrogen-bond donors (Lipinski definition) is 1. The highest BCUT2D eigenvalue weighted by atomic mass is 32.1. The highest BCUT2D eigenvalue weighted by Crippen LogP contribution is 2.14. The van der Waals surface area contributed by atoms with Crippen molar-refractivity contribution in [1.82, 2.24) is 4.98 Å². The second kappa shape index (κ2) is 3.35. The van der Waals surface area contributed by atoms with Crippen LogP contribution >= 0.6 is 12.2 Å². The molecule has 0 spiro atoms. The van der Waals surface area contributed by atoms with E-state index in [1.807, 2.05) is 37.3 Å². The molecule has 0 aliphatic heterocycles. The molecule has 0 bridgehead atoms. The second-order valence-corrected chi connectivity index (χ2v) is 3.66. The van der Waals surface area contributed by atoms with Crippen LogP contribution in [0.15, 0.2) is 30.3 Å². The van der Waals surface area contributed by atoms with Crippen molar-refractivity contribution >= 4 is 28.1 Å². The van der Waals surface area contributed by atoms with Gasteiger partial charge in [0.2, 0.25) is 0 Å². The highest BCUT2D eigenvalue weighted by molar-refractivity contribution is 7.80. The molecule has 2 rings (SSSR count). The Hall–Kier alpha value is -1.48. The zero-order chi connectivity index (χ0) is 10.1. The molecule has 0 saturated heterocycles. The Balaban J connectivity index is 2.69. The molecule has 1 aromatic heterocycles. The fourth-order valence-electron chi connectivity index (χ4n) is 1.37. The van der Waals surface area contributed by atoms with Gasteiger partial charge in [0.25, 0.3) is 0 Å². The summed E-state index contributed by atoms with van der Waals surface area (Å²) in [5.74, 6) is 0. The number of nitrogens with two attached hydrogens (primary N) is 1. The summed E-state index contributed by atoms with van der Waals surface area (Å²) in [6, 6.07) is 9.85. The van der Waals surface area contributed by atoms with Gasteiger partial charge in [-0.3, -0.25) is 4.98 Å².